The monoisotopic (exact) mass is 359 g/mol. The molecule has 130 valence electrons. The van der Waals surface area contributed by atoms with Gasteiger partial charge in [0.1, 0.15) is 6.10 Å². The van der Waals surface area contributed by atoms with Crippen molar-refractivity contribution >= 4 is 23.8 Å². The summed E-state index contributed by atoms with van der Waals surface area (Å²) in [6, 6.07) is 14.5. The first-order valence-corrected chi connectivity index (χ1v) is 8.36. The van der Waals surface area contributed by atoms with Gasteiger partial charge in [-0.2, -0.15) is 0 Å². The smallest absolute Gasteiger partial charge is 0.255 e. The number of amides is 1. The lowest BCUT2D eigenvalue weighted by molar-refractivity contribution is -0.150. The summed E-state index contributed by atoms with van der Waals surface area (Å²) in [7, 11) is 0. The summed E-state index contributed by atoms with van der Waals surface area (Å²) < 4.78 is 0. The van der Waals surface area contributed by atoms with E-state index in [1.807, 2.05) is 42.5 Å². The van der Waals surface area contributed by atoms with Gasteiger partial charge in [0.15, 0.2) is 12.4 Å². The van der Waals surface area contributed by atoms with E-state index < -0.39 is 24.2 Å². The van der Waals surface area contributed by atoms with Crippen LogP contribution in [0.5, 0.6) is 0 Å². The van der Waals surface area contributed by atoms with Crippen molar-refractivity contribution in [1.82, 2.24) is 4.90 Å². The van der Waals surface area contributed by atoms with Gasteiger partial charge < -0.3 is 19.9 Å². The van der Waals surface area contributed by atoms with Crippen LogP contribution in [0.3, 0.4) is 0 Å². The number of aldehydes is 1. The van der Waals surface area contributed by atoms with E-state index in [0.29, 0.717) is 18.0 Å². The molecule has 2 aromatic carbocycles. The van der Waals surface area contributed by atoms with Crippen molar-refractivity contribution < 1.29 is 19.8 Å². The lowest BCUT2D eigenvalue weighted by atomic mass is 9.87. The first kappa shape index (κ1) is 17.6. The Labute approximate surface area is 150 Å². The van der Waals surface area contributed by atoms with Gasteiger partial charge >= 0.3 is 0 Å². The number of hydrogen-bond donors (Lipinski definition) is 2. The first-order valence-electron chi connectivity index (χ1n) is 7.98. The van der Waals surface area contributed by atoms with Crippen molar-refractivity contribution in [2.45, 2.75) is 24.7 Å². The molecule has 0 aromatic heterocycles. The molecule has 1 heterocycles. The Balaban J connectivity index is 2.05. The molecule has 0 saturated heterocycles. The van der Waals surface area contributed by atoms with Gasteiger partial charge in [-0.25, -0.2) is 0 Å². The zero-order valence-electron chi connectivity index (χ0n) is 13.4. The van der Waals surface area contributed by atoms with Crippen LogP contribution in [-0.2, 0) is 16.0 Å². The summed E-state index contributed by atoms with van der Waals surface area (Å²) in [5, 5.41) is 20.2. The molecule has 0 bridgehead atoms. The number of halogens is 1. The molecule has 0 saturated carbocycles. The maximum Gasteiger partial charge on any atom is 0.255 e. The van der Waals surface area contributed by atoms with E-state index in [0.717, 1.165) is 16.7 Å². The minimum atomic E-state index is -1.78. The highest BCUT2D eigenvalue weighted by Crippen LogP contribution is 2.36. The Morgan fingerprint density at radius 2 is 1.92 bits per heavy atom. The van der Waals surface area contributed by atoms with Gasteiger partial charge in [0.2, 0.25) is 0 Å². The van der Waals surface area contributed by atoms with Gasteiger partial charge in [0.25, 0.3) is 5.91 Å². The average molecular weight is 360 g/mol. The van der Waals surface area contributed by atoms with Crippen LogP contribution in [-0.4, -0.2) is 46.1 Å². The molecule has 0 radical (unpaired) electrons. The van der Waals surface area contributed by atoms with Crippen LogP contribution in [0, 0.1) is 0 Å². The minimum absolute atomic E-state index is 0.164. The lowest BCUT2D eigenvalue weighted by Crippen LogP contribution is -2.49. The molecule has 0 spiro atoms. The standard InChI is InChI=1S/C19H18ClNO4/c20-14-6-7-15-13(10-14)8-9-21(19(25)18(24)16(23)11-22)17(15)12-4-2-1-3-5-12/h1-7,10-11,16-18,23-24H,8-9H2/t16-,17?,18+/m0/s1. The van der Waals surface area contributed by atoms with Crippen molar-refractivity contribution in [3.63, 3.8) is 0 Å². The van der Waals surface area contributed by atoms with Crippen LogP contribution in [0.1, 0.15) is 22.7 Å². The largest absolute Gasteiger partial charge is 0.382 e. The zero-order valence-corrected chi connectivity index (χ0v) is 14.1. The second-order valence-corrected chi connectivity index (χ2v) is 6.45. The third-order valence-corrected chi connectivity index (χ3v) is 4.68. The van der Waals surface area contributed by atoms with Crippen LogP contribution < -0.4 is 0 Å². The number of carbonyl (C=O) groups is 2. The Hall–Kier alpha value is -2.21. The average Bonchev–Trinajstić information content (AvgIpc) is 2.65. The third kappa shape index (κ3) is 3.44. The second kappa shape index (κ2) is 7.35. The molecule has 0 fully saturated rings. The van der Waals surface area contributed by atoms with E-state index >= 15 is 0 Å². The highest BCUT2D eigenvalue weighted by Gasteiger charge is 2.37. The van der Waals surface area contributed by atoms with Crippen LogP contribution in [0.15, 0.2) is 48.5 Å². The molecule has 0 aliphatic carbocycles. The highest BCUT2D eigenvalue weighted by molar-refractivity contribution is 6.30. The predicted octanol–water partition coefficient (Wildman–Crippen LogP) is 1.73. The summed E-state index contributed by atoms with van der Waals surface area (Å²) in [5.74, 6) is -0.672. The van der Waals surface area contributed by atoms with Crippen molar-refractivity contribution in [3.8, 4) is 0 Å². The molecule has 1 aliphatic heterocycles. The summed E-state index contributed by atoms with van der Waals surface area (Å²) in [5.41, 5.74) is 2.84. The fraction of sp³-hybridized carbons (Fsp3) is 0.263. The van der Waals surface area contributed by atoms with E-state index in [2.05, 4.69) is 0 Å². The molecule has 6 heteroatoms. The van der Waals surface area contributed by atoms with E-state index in [1.54, 1.807) is 6.07 Å². The second-order valence-electron chi connectivity index (χ2n) is 6.01. The molecular weight excluding hydrogens is 342 g/mol. The summed E-state index contributed by atoms with van der Waals surface area (Å²) in [6.07, 6.45) is -2.78. The van der Waals surface area contributed by atoms with Crippen molar-refractivity contribution in [3.05, 3.63) is 70.2 Å². The number of carbonyl (C=O) groups excluding carboxylic acids is 2. The number of rotatable bonds is 4. The molecule has 5 nitrogen and oxygen atoms in total. The van der Waals surface area contributed by atoms with Gasteiger partial charge in [-0.1, -0.05) is 48.0 Å². The fourth-order valence-electron chi connectivity index (χ4n) is 3.22. The first-order chi connectivity index (χ1) is 12.0. The number of fused-ring (bicyclic) bond motifs is 1. The van der Waals surface area contributed by atoms with Crippen LogP contribution in [0.2, 0.25) is 5.02 Å². The summed E-state index contributed by atoms with van der Waals surface area (Å²) in [4.78, 5) is 24.9. The maximum absolute atomic E-state index is 12.7. The number of aliphatic hydroxyl groups excluding tert-OH is 2. The molecule has 2 aromatic rings. The number of hydrogen-bond acceptors (Lipinski definition) is 4. The highest BCUT2D eigenvalue weighted by atomic mass is 35.5. The van der Waals surface area contributed by atoms with Gasteiger partial charge in [-0.3, -0.25) is 4.79 Å². The van der Waals surface area contributed by atoms with Crippen LogP contribution >= 0.6 is 11.6 Å². The third-order valence-electron chi connectivity index (χ3n) is 4.45. The molecule has 3 rings (SSSR count). The van der Waals surface area contributed by atoms with Crippen molar-refractivity contribution in [2.24, 2.45) is 0 Å². The number of nitrogens with zero attached hydrogens (tertiary/aromatic N) is 1. The topological polar surface area (TPSA) is 77.8 Å². The summed E-state index contributed by atoms with van der Waals surface area (Å²) >= 11 is 6.09. The van der Waals surface area contributed by atoms with Crippen LogP contribution in [0.4, 0.5) is 0 Å². The quantitative estimate of drug-likeness (QED) is 0.815. The Morgan fingerprint density at radius 3 is 2.60 bits per heavy atom. The van der Waals surface area contributed by atoms with Crippen molar-refractivity contribution in [1.29, 1.82) is 0 Å². The molecule has 1 amide bonds. The van der Waals surface area contributed by atoms with Crippen LogP contribution in [0.25, 0.3) is 0 Å². The van der Waals surface area contributed by atoms with E-state index in [-0.39, 0.29) is 6.29 Å². The number of benzene rings is 2. The predicted molar refractivity (Wildman–Crippen MR) is 93.2 cm³/mol. The Bertz CT molecular complexity index is 780. The molecule has 1 aliphatic rings. The molecule has 3 atom stereocenters. The lowest BCUT2D eigenvalue weighted by Gasteiger charge is -2.39. The molecule has 2 N–H and O–H groups in total. The SMILES string of the molecule is O=C[C@H](O)[C@@H](O)C(=O)N1CCc2cc(Cl)ccc2C1c1ccccc1. The van der Waals surface area contributed by atoms with Gasteiger partial charge in [-0.05, 0) is 35.2 Å². The molecular formula is C19H18ClNO4. The fourth-order valence-corrected chi connectivity index (χ4v) is 3.41. The minimum Gasteiger partial charge on any atom is -0.382 e. The van der Waals surface area contributed by atoms with Gasteiger partial charge in [-0.15, -0.1) is 0 Å². The molecule has 25 heavy (non-hydrogen) atoms. The Morgan fingerprint density at radius 1 is 1.20 bits per heavy atom. The Kier molecular flexibility index (Phi) is 5.18. The number of aliphatic hydroxyl groups is 2. The van der Waals surface area contributed by atoms with Gasteiger partial charge in [0.05, 0.1) is 6.04 Å². The summed E-state index contributed by atoms with van der Waals surface area (Å²) in [6.45, 7) is 0.356. The maximum atomic E-state index is 12.7. The van der Waals surface area contributed by atoms with Gasteiger partial charge in [0, 0.05) is 11.6 Å². The molecule has 1 unspecified atom stereocenters. The van der Waals surface area contributed by atoms with E-state index in [4.69, 9.17) is 11.6 Å². The van der Waals surface area contributed by atoms with E-state index in [9.17, 15) is 19.8 Å². The normalized spacial score (nSPS) is 19.0. The van der Waals surface area contributed by atoms with E-state index in [1.165, 1.54) is 4.90 Å². The van der Waals surface area contributed by atoms with Crippen molar-refractivity contribution in [2.75, 3.05) is 6.54 Å². The zero-order chi connectivity index (χ0) is 18.0.